The third kappa shape index (κ3) is 2.42. The molecule has 0 saturated carbocycles. The molecule has 4 heteroatoms. The van der Waals surface area contributed by atoms with Gasteiger partial charge in [-0.2, -0.15) is 11.8 Å². The topological polar surface area (TPSA) is 17.1 Å². The van der Waals surface area contributed by atoms with Gasteiger partial charge in [0.1, 0.15) is 5.82 Å². The van der Waals surface area contributed by atoms with Gasteiger partial charge in [-0.05, 0) is 52.7 Å². The normalized spacial score (nSPS) is 20.5. The van der Waals surface area contributed by atoms with Crippen LogP contribution in [0.4, 0.5) is 4.39 Å². The van der Waals surface area contributed by atoms with E-state index in [1.807, 2.05) is 0 Å². The van der Waals surface area contributed by atoms with Crippen molar-refractivity contribution in [3.05, 3.63) is 34.1 Å². The first-order chi connectivity index (χ1) is 7.18. The number of carbonyl (C=O) groups excluding carboxylic acids is 1. The minimum atomic E-state index is -0.328. The van der Waals surface area contributed by atoms with E-state index in [1.165, 1.54) is 6.07 Å². The summed E-state index contributed by atoms with van der Waals surface area (Å²) in [5, 5.41) is 0.0716. The molecule has 0 N–H and O–H groups in total. The number of halogens is 2. The molecule has 80 valence electrons. The molecule has 1 fully saturated rings. The summed E-state index contributed by atoms with van der Waals surface area (Å²) in [6.45, 7) is 0. The minimum Gasteiger partial charge on any atom is -0.293 e. The summed E-state index contributed by atoms with van der Waals surface area (Å²) in [5.41, 5.74) is 0.600. The average Bonchev–Trinajstić information content (AvgIpc) is 2.74. The van der Waals surface area contributed by atoms with Crippen LogP contribution in [0, 0.1) is 5.82 Å². The number of hydrogen-bond acceptors (Lipinski definition) is 2. The molecule has 1 saturated heterocycles. The van der Waals surface area contributed by atoms with Crippen LogP contribution in [0.1, 0.15) is 23.2 Å². The van der Waals surface area contributed by atoms with E-state index in [0.29, 0.717) is 10.0 Å². The van der Waals surface area contributed by atoms with E-state index < -0.39 is 0 Å². The average molecular weight is 289 g/mol. The molecule has 1 unspecified atom stereocenters. The monoisotopic (exact) mass is 288 g/mol. The van der Waals surface area contributed by atoms with Crippen molar-refractivity contribution in [2.45, 2.75) is 18.1 Å². The van der Waals surface area contributed by atoms with Gasteiger partial charge in [0.25, 0.3) is 0 Å². The second kappa shape index (κ2) is 4.66. The highest BCUT2D eigenvalue weighted by Crippen LogP contribution is 2.29. The predicted molar refractivity (Wildman–Crippen MR) is 63.9 cm³/mol. The lowest BCUT2D eigenvalue weighted by Gasteiger charge is -2.07. The smallest absolute Gasteiger partial charge is 0.175 e. The van der Waals surface area contributed by atoms with Gasteiger partial charge in [-0.1, -0.05) is 0 Å². The lowest BCUT2D eigenvalue weighted by atomic mass is 10.1. The van der Waals surface area contributed by atoms with Gasteiger partial charge >= 0.3 is 0 Å². The minimum absolute atomic E-state index is 0.0716. The molecule has 0 bridgehead atoms. The van der Waals surface area contributed by atoms with Crippen LogP contribution < -0.4 is 0 Å². The largest absolute Gasteiger partial charge is 0.293 e. The number of ketones is 1. The van der Waals surface area contributed by atoms with E-state index in [9.17, 15) is 9.18 Å². The first-order valence-electron chi connectivity index (χ1n) is 4.79. The Morgan fingerprint density at radius 3 is 2.93 bits per heavy atom. The molecule has 0 amide bonds. The fourth-order valence-electron chi connectivity index (χ4n) is 1.62. The SMILES string of the molecule is O=C(c1ccc(F)c(Br)c1)C1CCCS1. The Hall–Kier alpha value is -0.350. The van der Waals surface area contributed by atoms with Crippen LogP contribution in [0.3, 0.4) is 0 Å². The summed E-state index contributed by atoms with van der Waals surface area (Å²) >= 11 is 4.79. The van der Waals surface area contributed by atoms with Crippen LogP contribution in [-0.2, 0) is 0 Å². The standard InChI is InChI=1S/C11H10BrFOS/c12-8-6-7(3-4-9(8)13)11(14)10-2-1-5-15-10/h3-4,6,10H,1-2,5H2. The quantitative estimate of drug-likeness (QED) is 0.773. The number of rotatable bonds is 2. The summed E-state index contributed by atoms with van der Waals surface area (Å²) in [4.78, 5) is 11.9. The zero-order valence-electron chi connectivity index (χ0n) is 8.00. The molecule has 2 rings (SSSR count). The maximum Gasteiger partial charge on any atom is 0.175 e. The maximum atomic E-state index is 13.0. The van der Waals surface area contributed by atoms with Gasteiger partial charge in [0.05, 0.1) is 9.72 Å². The molecule has 0 aliphatic carbocycles. The Labute approximate surface area is 101 Å². The maximum absolute atomic E-state index is 13.0. The van der Waals surface area contributed by atoms with Crippen LogP contribution in [0.2, 0.25) is 0 Å². The van der Waals surface area contributed by atoms with E-state index in [2.05, 4.69) is 15.9 Å². The van der Waals surface area contributed by atoms with Crippen molar-refractivity contribution >= 4 is 33.5 Å². The summed E-state index contributed by atoms with van der Waals surface area (Å²) in [6, 6.07) is 4.45. The van der Waals surface area contributed by atoms with Crippen molar-refractivity contribution in [2.75, 3.05) is 5.75 Å². The summed E-state index contributed by atoms with van der Waals surface area (Å²) < 4.78 is 13.3. The Bertz CT molecular complexity index is 388. The Morgan fingerprint density at radius 2 is 2.33 bits per heavy atom. The fraction of sp³-hybridized carbons (Fsp3) is 0.364. The van der Waals surface area contributed by atoms with Crippen molar-refractivity contribution in [2.24, 2.45) is 0 Å². The summed E-state index contributed by atoms with van der Waals surface area (Å²) in [7, 11) is 0. The molecule has 1 nitrogen and oxygen atoms in total. The molecule has 1 atom stereocenters. The van der Waals surface area contributed by atoms with Crippen LogP contribution in [0.25, 0.3) is 0 Å². The van der Waals surface area contributed by atoms with Gasteiger partial charge in [0.15, 0.2) is 5.78 Å². The van der Waals surface area contributed by atoms with Gasteiger partial charge in [0, 0.05) is 5.56 Å². The van der Waals surface area contributed by atoms with E-state index in [-0.39, 0.29) is 16.9 Å². The highest BCUT2D eigenvalue weighted by atomic mass is 79.9. The molecule has 0 aromatic heterocycles. The highest BCUT2D eigenvalue weighted by Gasteiger charge is 2.24. The van der Waals surface area contributed by atoms with E-state index >= 15 is 0 Å². The Morgan fingerprint density at radius 1 is 1.53 bits per heavy atom. The molecule has 1 heterocycles. The second-order valence-electron chi connectivity index (χ2n) is 3.49. The third-order valence-electron chi connectivity index (χ3n) is 2.43. The van der Waals surface area contributed by atoms with Crippen molar-refractivity contribution in [1.82, 2.24) is 0 Å². The van der Waals surface area contributed by atoms with Crippen LogP contribution in [0.15, 0.2) is 22.7 Å². The van der Waals surface area contributed by atoms with Crippen LogP contribution >= 0.6 is 27.7 Å². The van der Waals surface area contributed by atoms with Gasteiger partial charge in [0.2, 0.25) is 0 Å². The molecule has 1 aromatic rings. The van der Waals surface area contributed by atoms with E-state index in [1.54, 1.807) is 23.9 Å². The van der Waals surface area contributed by atoms with E-state index in [0.717, 1.165) is 18.6 Å². The molecular formula is C11H10BrFOS. The van der Waals surface area contributed by atoms with E-state index in [4.69, 9.17) is 0 Å². The number of carbonyl (C=O) groups is 1. The summed E-state index contributed by atoms with van der Waals surface area (Å²) in [6.07, 6.45) is 2.04. The molecular weight excluding hydrogens is 279 g/mol. The molecule has 0 radical (unpaired) electrons. The van der Waals surface area contributed by atoms with Gasteiger partial charge < -0.3 is 0 Å². The Balaban J connectivity index is 2.21. The number of thioether (sulfide) groups is 1. The van der Waals surface area contributed by atoms with Crippen LogP contribution in [0.5, 0.6) is 0 Å². The second-order valence-corrected chi connectivity index (χ2v) is 5.66. The van der Waals surface area contributed by atoms with Crippen molar-refractivity contribution in [3.63, 3.8) is 0 Å². The van der Waals surface area contributed by atoms with Gasteiger partial charge in [-0.25, -0.2) is 4.39 Å². The molecule has 1 aliphatic rings. The zero-order valence-corrected chi connectivity index (χ0v) is 10.4. The lowest BCUT2D eigenvalue weighted by Crippen LogP contribution is -2.14. The van der Waals surface area contributed by atoms with Crippen molar-refractivity contribution in [1.29, 1.82) is 0 Å². The first kappa shape index (κ1) is 11.1. The highest BCUT2D eigenvalue weighted by molar-refractivity contribution is 9.10. The van der Waals surface area contributed by atoms with Gasteiger partial charge in [-0.15, -0.1) is 0 Å². The number of Topliss-reactive ketones (excluding diaryl/α,β-unsaturated/α-hetero) is 1. The number of benzene rings is 1. The van der Waals surface area contributed by atoms with Crippen LogP contribution in [-0.4, -0.2) is 16.8 Å². The predicted octanol–water partition coefficient (Wildman–Crippen LogP) is 3.67. The molecule has 1 aromatic carbocycles. The van der Waals surface area contributed by atoms with Crippen molar-refractivity contribution in [3.8, 4) is 0 Å². The summed E-state index contributed by atoms with van der Waals surface area (Å²) in [5.74, 6) is 0.850. The van der Waals surface area contributed by atoms with Gasteiger partial charge in [-0.3, -0.25) is 4.79 Å². The molecule has 1 aliphatic heterocycles. The van der Waals surface area contributed by atoms with Crippen molar-refractivity contribution < 1.29 is 9.18 Å². The lowest BCUT2D eigenvalue weighted by molar-refractivity contribution is 0.0988. The zero-order chi connectivity index (χ0) is 10.8. The fourth-order valence-corrected chi connectivity index (χ4v) is 3.24. The molecule has 15 heavy (non-hydrogen) atoms. The molecule has 0 spiro atoms. The first-order valence-corrected chi connectivity index (χ1v) is 6.63. The number of hydrogen-bond donors (Lipinski definition) is 0. The Kier molecular flexibility index (Phi) is 3.46. The third-order valence-corrected chi connectivity index (χ3v) is 4.41.